The highest BCUT2D eigenvalue weighted by Crippen LogP contribution is 2.43. The molecule has 8 heteroatoms. The summed E-state index contributed by atoms with van der Waals surface area (Å²) in [6.45, 7) is 13.4. The molecule has 0 amide bonds. The summed E-state index contributed by atoms with van der Waals surface area (Å²) in [5.41, 5.74) is 16.5. The minimum absolute atomic E-state index is 0.182. The molecule has 4 rings (SSSR count). The first kappa shape index (κ1) is 25.6. The molecule has 0 saturated heterocycles. The normalized spacial score (nSPS) is 16.4. The number of hydrogen-bond acceptors (Lipinski definition) is 5. The van der Waals surface area contributed by atoms with Crippen molar-refractivity contribution in [2.24, 2.45) is 13.0 Å². The Morgan fingerprint density at radius 2 is 1.97 bits per heavy atom. The van der Waals surface area contributed by atoms with E-state index in [0.29, 0.717) is 25.1 Å². The van der Waals surface area contributed by atoms with E-state index in [-0.39, 0.29) is 11.0 Å². The Morgan fingerprint density at radius 1 is 1.25 bits per heavy atom. The molecule has 0 aliphatic heterocycles. The fraction of sp³-hybridized carbons (Fsp3) is 0.429. The van der Waals surface area contributed by atoms with Gasteiger partial charge in [0.15, 0.2) is 0 Å². The first-order valence-electron chi connectivity index (χ1n) is 12.3. The van der Waals surface area contributed by atoms with E-state index in [1.807, 2.05) is 30.0 Å². The third kappa shape index (κ3) is 4.55. The van der Waals surface area contributed by atoms with Gasteiger partial charge in [-0.25, -0.2) is 15.0 Å². The first-order valence-corrected chi connectivity index (χ1v) is 15.3. The molecule has 3 heterocycles. The molecule has 3 aromatic rings. The SMILES string of the molecule is Cc1cc(C#C[Si](C)(C)C(C)(C)C)ncc1-c1c(C2=CC[C@@H](C(=O)O)CC2)c2c(N)ncnc2n1C. The standard InChI is InChI=1S/C28H35N5O2Si/c1-17-14-20(12-13-36(6,7)28(2,3)4)30-15-21(17)24-22(18-8-10-19(11-9-18)27(34)35)23-25(29)31-16-32-26(23)33(24)5/h8,14-16,19H,9-11H2,1-7H3,(H,34,35)(H2,29,31,32)/t19-/m1/s1. The number of nitrogens with two attached hydrogens (primary N) is 1. The van der Waals surface area contributed by atoms with Gasteiger partial charge in [-0.3, -0.25) is 4.79 Å². The Balaban J connectivity index is 1.86. The summed E-state index contributed by atoms with van der Waals surface area (Å²) in [5, 5.41) is 10.4. The van der Waals surface area contributed by atoms with Crippen molar-refractivity contribution in [2.75, 3.05) is 5.73 Å². The number of nitrogens with zero attached hydrogens (tertiary/aromatic N) is 4. The lowest BCUT2D eigenvalue weighted by Gasteiger charge is -2.31. The van der Waals surface area contributed by atoms with Crippen molar-refractivity contribution in [3.63, 3.8) is 0 Å². The van der Waals surface area contributed by atoms with Crippen LogP contribution in [0, 0.1) is 24.3 Å². The van der Waals surface area contributed by atoms with E-state index in [2.05, 4.69) is 62.2 Å². The number of hydrogen-bond donors (Lipinski definition) is 2. The maximum atomic E-state index is 11.5. The lowest BCUT2D eigenvalue weighted by Crippen LogP contribution is -2.35. The summed E-state index contributed by atoms with van der Waals surface area (Å²) in [7, 11) is 0.225. The van der Waals surface area contributed by atoms with Gasteiger partial charge in [0, 0.05) is 24.4 Å². The van der Waals surface area contributed by atoms with Crippen LogP contribution in [0.5, 0.6) is 0 Å². The smallest absolute Gasteiger partial charge is 0.306 e. The molecule has 0 spiro atoms. The Morgan fingerprint density at radius 3 is 2.56 bits per heavy atom. The summed E-state index contributed by atoms with van der Waals surface area (Å²) in [4.78, 5) is 25.0. The third-order valence-electron chi connectivity index (χ3n) is 7.82. The third-order valence-corrected chi connectivity index (χ3v) is 12.3. The van der Waals surface area contributed by atoms with Crippen LogP contribution in [-0.4, -0.2) is 38.7 Å². The maximum absolute atomic E-state index is 11.5. The molecule has 0 radical (unpaired) electrons. The zero-order valence-electron chi connectivity index (χ0n) is 22.2. The van der Waals surface area contributed by atoms with Crippen LogP contribution < -0.4 is 5.73 Å². The molecular weight excluding hydrogens is 466 g/mol. The second kappa shape index (κ2) is 9.21. The maximum Gasteiger partial charge on any atom is 0.306 e. The molecule has 1 aliphatic carbocycles. The quantitative estimate of drug-likeness (QED) is 0.358. The molecular formula is C28H35N5O2Si. The second-order valence-electron chi connectivity index (χ2n) is 11.3. The van der Waals surface area contributed by atoms with Crippen LogP contribution in [0.2, 0.25) is 18.1 Å². The molecule has 3 aromatic heterocycles. The Hall–Kier alpha value is -3.44. The number of aliphatic carboxylic acids is 1. The van der Waals surface area contributed by atoms with Crippen LogP contribution in [0.25, 0.3) is 27.9 Å². The minimum atomic E-state index is -1.75. The van der Waals surface area contributed by atoms with Gasteiger partial charge in [0.25, 0.3) is 0 Å². The molecule has 0 unspecified atom stereocenters. The minimum Gasteiger partial charge on any atom is -0.481 e. The predicted molar refractivity (Wildman–Crippen MR) is 148 cm³/mol. The molecule has 0 bridgehead atoms. The summed E-state index contributed by atoms with van der Waals surface area (Å²) >= 11 is 0. The predicted octanol–water partition coefficient (Wildman–Crippen LogP) is 5.59. The number of aromatic nitrogens is 4. The van der Waals surface area contributed by atoms with Gasteiger partial charge in [0.1, 0.15) is 31.6 Å². The molecule has 7 nitrogen and oxygen atoms in total. The summed E-state index contributed by atoms with van der Waals surface area (Å²) < 4.78 is 2.04. The number of nitrogen functional groups attached to an aromatic ring is 1. The van der Waals surface area contributed by atoms with E-state index in [4.69, 9.17) is 10.7 Å². The fourth-order valence-corrected chi connectivity index (χ4v) is 5.28. The van der Waals surface area contributed by atoms with Crippen molar-refractivity contribution in [1.82, 2.24) is 19.5 Å². The van der Waals surface area contributed by atoms with Crippen molar-refractivity contribution >= 4 is 36.5 Å². The van der Waals surface area contributed by atoms with Crippen LogP contribution in [-0.2, 0) is 11.8 Å². The molecule has 0 saturated carbocycles. The number of anilines is 1. The van der Waals surface area contributed by atoms with Crippen LogP contribution in [0.4, 0.5) is 5.82 Å². The van der Waals surface area contributed by atoms with Crippen LogP contribution in [0.15, 0.2) is 24.7 Å². The Kier molecular flexibility index (Phi) is 6.56. The van der Waals surface area contributed by atoms with Gasteiger partial charge in [-0.15, -0.1) is 5.54 Å². The number of aryl methyl sites for hydroxylation is 2. The molecule has 1 atom stereocenters. The molecule has 0 fully saturated rings. The lowest BCUT2D eigenvalue weighted by atomic mass is 9.85. The monoisotopic (exact) mass is 501 g/mol. The zero-order valence-corrected chi connectivity index (χ0v) is 23.2. The first-order chi connectivity index (χ1) is 16.8. The number of carbonyl (C=O) groups is 1. The van der Waals surface area contributed by atoms with E-state index in [1.54, 1.807) is 0 Å². The number of fused-ring (bicyclic) bond motifs is 1. The van der Waals surface area contributed by atoms with Crippen LogP contribution in [0.1, 0.15) is 56.9 Å². The fourth-order valence-electron chi connectivity index (χ4n) is 4.47. The van der Waals surface area contributed by atoms with E-state index in [9.17, 15) is 9.90 Å². The summed E-state index contributed by atoms with van der Waals surface area (Å²) in [6.07, 6.45) is 7.13. The molecule has 36 heavy (non-hydrogen) atoms. The van der Waals surface area contributed by atoms with Gasteiger partial charge in [0.05, 0.1) is 17.0 Å². The highest BCUT2D eigenvalue weighted by atomic mass is 28.3. The number of carboxylic acids is 1. The average Bonchev–Trinajstić information content (AvgIpc) is 3.10. The van der Waals surface area contributed by atoms with Crippen molar-refractivity contribution in [3.05, 3.63) is 41.5 Å². The van der Waals surface area contributed by atoms with Crippen molar-refractivity contribution in [3.8, 4) is 22.7 Å². The van der Waals surface area contributed by atoms with Gasteiger partial charge in [-0.2, -0.15) is 0 Å². The Labute approximate surface area is 213 Å². The van der Waals surface area contributed by atoms with Gasteiger partial charge in [0.2, 0.25) is 0 Å². The number of allylic oxidation sites excluding steroid dienone is 2. The Bertz CT molecular complexity index is 1450. The zero-order chi connectivity index (χ0) is 26.4. The van der Waals surface area contributed by atoms with Gasteiger partial charge < -0.3 is 15.4 Å². The topological polar surface area (TPSA) is 107 Å². The number of rotatable bonds is 3. The number of carboxylic acid groups (broad SMARTS) is 1. The van der Waals surface area contributed by atoms with Gasteiger partial charge in [-0.1, -0.05) is 45.9 Å². The molecule has 1 aliphatic rings. The summed E-state index contributed by atoms with van der Waals surface area (Å²) in [5.74, 6) is 2.65. The van der Waals surface area contributed by atoms with Gasteiger partial charge in [-0.05, 0) is 48.4 Å². The largest absolute Gasteiger partial charge is 0.481 e. The average molecular weight is 502 g/mol. The molecule has 0 aromatic carbocycles. The van der Waals surface area contributed by atoms with E-state index < -0.39 is 14.0 Å². The molecule has 3 N–H and O–H groups in total. The second-order valence-corrected chi connectivity index (χ2v) is 16.3. The molecule has 188 valence electrons. The van der Waals surface area contributed by atoms with Crippen molar-refractivity contribution in [1.29, 1.82) is 0 Å². The van der Waals surface area contributed by atoms with Gasteiger partial charge >= 0.3 is 5.97 Å². The lowest BCUT2D eigenvalue weighted by molar-refractivity contribution is -0.141. The van der Waals surface area contributed by atoms with Crippen LogP contribution >= 0.6 is 0 Å². The highest BCUT2D eigenvalue weighted by Gasteiger charge is 2.34. The van der Waals surface area contributed by atoms with E-state index in [1.165, 1.54) is 6.33 Å². The highest BCUT2D eigenvalue weighted by molar-refractivity contribution is 6.87. The van der Waals surface area contributed by atoms with Crippen molar-refractivity contribution in [2.45, 2.75) is 65.1 Å². The number of pyridine rings is 1. The van der Waals surface area contributed by atoms with E-state index in [0.717, 1.165) is 44.7 Å². The van der Waals surface area contributed by atoms with E-state index >= 15 is 0 Å². The van der Waals surface area contributed by atoms with Crippen LogP contribution in [0.3, 0.4) is 0 Å². The van der Waals surface area contributed by atoms with Crippen molar-refractivity contribution < 1.29 is 9.90 Å². The summed E-state index contributed by atoms with van der Waals surface area (Å²) in [6, 6.07) is 2.04.